The maximum atomic E-state index is 3.93. The van der Waals surface area contributed by atoms with Crippen LogP contribution in [-0.4, -0.2) is 0 Å². The van der Waals surface area contributed by atoms with Crippen molar-refractivity contribution in [3.63, 3.8) is 0 Å². The summed E-state index contributed by atoms with van der Waals surface area (Å²) in [5.41, 5.74) is 15.0. The minimum absolute atomic E-state index is 1.21. The van der Waals surface area contributed by atoms with Gasteiger partial charge < -0.3 is 0 Å². The van der Waals surface area contributed by atoms with Gasteiger partial charge in [0.2, 0.25) is 0 Å². The summed E-state index contributed by atoms with van der Waals surface area (Å²) in [6.45, 7) is 6.18. The zero-order valence-electron chi connectivity index (χ0n) is 41.2. The molecule has 0 aliphatic rings. The molecule has 15 rings (SSSR count). The molecule has 0 bridgehead atoms. The van der Waals surface area contributed by atoms with E-state index < -0.39 is 0 Å². The maximum Gasteiger partial charge on any atom is 0.0434 e. The van der Waals surface area contributed by atoms with Crippen molar-refractivity contribution in [1.82, 2.24) is 0 Å². The molecule has 0 nitrogen and oxygen atoms in total. The predicted octanol–water partition coefficient (Wildman–Crippen LogP) is 22.0. The lowest BCUT2D eigenvalue weighted by molar-refractivity contribution is 1.52. The number of rotatable bonds is 7. The van der Waals surface area contributed by atoms with E-state index >= 15 is 0 Å². The van der Waals surface area contributed by atoms with Crippen LogP contribution in [0, 0.1) is 6.92 Å². The van der Waals surface area contributed by atoms with Gasteiger partial charge in [-0.05, 0) is 164 Å². The van der Waals surface area contributed by atoms with Crippen molar-refractivity contribution in [2.75, 3.05) is 0 Å². The van der Waals surface area contributed by atoms with Crippen LogP contribution >= 0.6 is 22.7 Å². The Kier molecular flexibility index (Phi) is 10.1. The van der Waals surface area contributed by atoms with E-state index in [1.807, 2.05) is 34.8 Å². The van der Waals surface area contributed by atoms with Crippen LogP contribution in [0.25, 0.3) is 156 Å². The molecule has 0 saturated carbocycles. The lowest BCUT2D eigenvalue weighted by Crippen LogP contribution is -1.90. The zero-order valence-corrected chi connectivity index (χ0v) is 42.8. The number of hydrogen-bond donors (Lipinski definition) is 0. The Balaban J connectivity index is 0.820. The van der Waals surface area contributed by atoms with Gasteiger partial charge in [-0.1, -0.05) is 219 Å². The highest BCUT2D eigenvalue weighted by molar-refractivity contribution is 7.27. The first-order chi connectivity index (χ1) is 37.1. The molecule has 2 heterocycles. The van der Waals surface area contributed by atoms with Crippen molar-refractivity contribution in [2.45, 2.75) is 6.92 Å². The minimum Gasteiger partial charge on any atom is -0.135 e. The Morgan fingerprint density at radius 2 is 0.693 bits per heavy atom. The van der Waals surface area contributed by atoms with Gasteiger partial charge in [0.25, 0.3) is 0 Å². The Morgan fingerprint density at radius 1 is 0.293 bits per heavy atom. The van der Waals surface area contributed by atoms with Gasteiger partial charge in [0.1, 0.15) is 0 Å². The summed E-state index contributed by atoms with van der Waals surface area (Å²) in [5, 5.41) is 18.0. The van der Waals surface area contributed by atoms with Crippen LogP contribution in [0.1, 0.15) is 11.1 Å². The quantitative estimate of drug-likeness (QED) is 0.110. The predicted molar refractivity (Wildman–Crippen MR) is 331 cm³/mol. The number of hydrogen-bond acceptors (Lipinski definition) is 2. The number of benzene rings is 13. The molecule has 0 aliphatic heterocycles. The monoisotopic (exact) mass is 986 g/mol. The molecule has 2 heteroatoms. The highest BCUT2D eigenvalue weighted by Gasteiger charge is 2.18. The summed E-state index contributed by atoms with van der Waals surface area (Å²) in [4.78, 5) is 0. The second-order valence-electron chi connectivity index (χ2n) is 19.9. The smallest absolute Gasteiger partial charge is 0.0434 e. The molecule has 0 N–H and O–H groups in total. The standard InChI is InChI=1S/C73H46S2/c1-3-4-20-52-44(2)53-35-33-51(43-66(53)59-23-10-8-21-57(52)59)56-27-15-30-65-69-42-49(34-38-70(69)74-71(56)65)48-32-37-62-67(41-48)60-24-11-9-22-58(60)61-36-31-47(40-68(61)62)46-18-12-19-50(39-46)55-26-14-29-64-63-28-13-25-54(72(63)75-73(55)64)45-16-6-5-7-17-45/h3-43H,1H2,2H3/b20-4-. The minimum atomic E-state index is 1.21. The van der Waals surface area contributed by atoms with Crippen LogP contribution in [0.2, 0.25) is 0 Å². The molecule has 75 heavy (non-hydrogen) atoms. The lowest BCUT2D eigenvalue weighted by atomic mass is 9.89. The van der Waals surface area contributed by atoms with E-state index in [0.29, 0.717) is 0 Å². The van der Waals surface area contributed by atoms with Gasteiger partial charge in [-0.2, -0.15) is 0 Å². The van der Waals surface area contributed by atoms with Gasteiger partial charge in [-0.15, -0.1) is 22.7 Å². The molecule has 0 unspecified atom stereocenters. The Morgan fingerprint density at radius 3 is 1.36 bits per heavy atom. The molecule has 0 atom stereocenters. The molecular weight excluding hydrogens is 941 g/mol. The largest absolute Gasteiger partial charge is 0.135 e. The molecule has 0 saturated heterocycles. The summed E-state index contributed by atoms with van der Waals surface area (Å²) in [7, 11) is 0. The molecule has 15 aromatic rings. The number of allylic oxidation sites excluding steroid dienone is 2. The highest BCUT2D eigenvalue weighted by Crippen LogP contribution is 2.47. The van der Waals surface area contributed by atoms with Crippen molar-refractivity contribution in [3.8, 4) is 55.6 Å². The van der Waals surface area contributed by atoms with Gasteiger partial charge >= 0.3 is 0 Å². The Labute approximate surface area is 443 Å². The summed E-state index contributed by atoms with van der Waals surface area (Å²) < 4.78 is 5.28. The molecule has 0 amide bonds. The van der Waals surface area contributed by atoms with Crippen LogP contribution in [0.5, 0.6) is 0 Å². The second kappa shape index (κ2) is 17.4. The number of thiophene rings is 2. The van der Waals surface area contributed by atoms with Gasteiger partial charge in [-0.3, -0.25) is 0 Å². The summed E-state index contributed by atoms with van der Waals surface area (Å²) in [6, 6.07) is 86.4. The summed E-state index contributed by atoms with van der Waals surface area (Å²) in [6.07, 6.45) is 6.09. The van der Waals surface area contributed by atoms with Crippen LogP contribution in [-0.2, 0) is 0 Å². The third-order valence-corrected chi connectivity index (χ3v) is 18.3. The third kappa shape index (κ3) is 6.95. The maximum absolute atomic E-state index is 3.93. The fourth-order valence-corrected chi connectivity index (χ4v) is 14.8. The van der Waals surface area contributed by atoms with Crippen molar-refractivity contribution in [2.24, 2.45) is 0 Å². The third-order valence-electron chi connectivity index (χ3n) is 15.8. The van der Waals surface area contributed by atoms with Gasteiger partial charge in [0.15, 0.2) is 0 Å². The van der Waals surface area contributed by atoms with Crippen LogP contribution < -0.4 is 0 Å². The fourth-order valence-electron chi connectivity index (χ4n) is 12.2. The molecule has 350 valence electrons. The average Bonchev–Trinajstić information content (AvgIpc) is 4.06. The topological polar surface area (TPSA) is 0 Å². The highest BCUT2D eigenvalue weighted by atomic mass is 32.1. The molecule has 0 radical (unpaired) electrons. The zero-order chi connectivity index (χ0) is 49.7. The summed E-state index contributed by atoms with van der Waals surface area (Å²) >= 11 is 3.81. The lowest BCUT2D eigenvalue weighted by Gasteiger charge is -2.14. The van der Waals surface area contributed by atoms with Crippen molar-refractivity contribution in [1.29, 1.82) is 0 Å². The van der Waals surface area contributed by atoms with Gasteiger partial charge in [0.05, 0.1) is 0 Å². The van der Waals surface area contributed by atoms with E-state index in [0.717, 1.165) is 0 Å². The number of aryl methyl sites for hydroxylation is 1. The first-order valence-corrected chi connectivity index (χ1v) is 27.4. The number of fused-ring (bicyclic) bond motifs is 15. The van der Waals surface area contributed by atoms with Crippen LogP contribution in [0.15, 0.2) is 249 Å². The molecular formula is C73H46S2. The second-order valence-corrected chi connectivity index (χ2v) is 22.0. The first kappa shape index (κ1) is 43.6. The van der Waals surface area contributed by atoms with Gasteiger partial charge in [0, 0.05) is 40.3 Å². The molecule has 13 aromatic carbocycles. The molecule has 0 fully saturated rings. The normalized spacial score (nSPS) is 12.1. The first-order valence-electron chi connectivity index (χ1n) is 25.8. The van der Waals surface area contributed by atoms with E-state index in [9.17, 15) is 0 Å². The average molecular weight is 987 g/mol. The summed E-state index contributed by atoms with van der Waals surface area (Å²) in [5.74, 6) is 0. The fraction of sp³-hybridized carbons (Fsp3) is 0.0137. The van der Waals surface area contributed by atoms with E-state index in [1.54, 1.807) is 0 Å². The Bertz CT molecular complexity index is 4910. The SMILES string of the molecule is C=C/C=C\c1c(C)c2ccc(-c3cccc4c3sc3ccc(-c5ccc6c7cc(-c8cccc(-c9cccc%10c9sc9c(-c%11ccccc%11)cccc9%10)c8)ccc7c7ccccc7c6c5)cc34)cc2c2ccccc12. The van der Waals surface area contributed by atoms with Gasteiger partial charge in [-0.25, -0.2) is 0 Å². The van der Waals surface area contributed by atoms with E-state index in [1.165, 1.54) is 161 Å². The van der Waals surface area contributed by atoms with E-state index in [-0.39, 0.29) is 0 Å². The van der Waals surface area contributed by atoms with E-state index in [4.69, 9.17) is 0 Å². The van der Waals surface area contributed by atoms with Crippen LogP contribution in [0.3, 0.4) is 0 Å². The van der Waals surface area contributed by atoms with Crippen molar-refractivity contribution >= 4 is 123 Å². The van der Waals surface area contributed by atoms with Crippen LogP contribution in [0.4, 0.5) is 0 Å². The van der Waals surface area contributed by atoms with Crippen molar-refractivity contribution < 1.29 is 0 Å². The van der Waals surface area contributed by atoms with Crippen molar-refractivity contribution in [3.05, 3.63) is 260 Å². The molecule has 2 aromatic heterocycles. The Hall–Kier alpha value is -8.92. The van der Waals surface area contributed by atoms with E-state index in [2.05, 4.69) is 250 Å². The molecule has 0 spiro atoms. The molecule has 0 aliphatic carbocycles.